The Morgan fingerprint density at radius 2 is 2.21 bits per heavy atom. The average Bonchev–Trinajstić information content (AvgIpc) is 2.44. The first-order chi connectivity index (χ1) is 9.06. The second kappa shape index (κ2) is 5.09. The lowest BCUT2D eigenvalue weighted by molar-refractivity contribution is -0.136. The van der Waals surface area contributed by atoms with E-state index in [0.29, 0.717) is 17.0 Å². The number of ether oxygens (including phenoxy) is 1. The van der Waals surface area contributed by atoms with Crippen LogP contribution in [-0.4, -0.2) is 36.0 Å². The first kappa shape index (κ1) is 13.1. The first-order valence-electron chi connectivity index (χ1n) is 5.80. The number of hydrogen-bond acceptors (Lipinski definition) is 4. The molecule has 0 aliphatic carbocycles. The number of pyridine rings is 1. The van der Waals surface area contributed by atoms with E-state index in [4.69, 9.17) is 4.74 Å². The number of allylic oxidation sites excluding steroid dienone is 1. The Morgan fingerprint density at radius 1 is 1.47 bits per heavy atom. The Bertz CT molecular complexity index is 539. The van der Waals surface area contributed by atoms with Crippen molar-refractivity contribution in [3.63, 3.8) is 0 Å². The molecular formula is C13H15N3O3. The first-order valence-corrected chi connectivity index (χ1v) is 5.80. The molecule has 19 heavy (non-hydrogen) atoms. The Morgan fingerprint density at radius 3 is 2.79 bits per heavy atom. The molecule has 0 aromatic carbocycles. The molecule has 6 heteroatoms. The molecule has 0 fully saturated rings. The smallest absolute Gasteiger partial charge is 0.338 e. The zero-order valence-electron chi connectivity index (χ0n) is 11.0. The number of amides is 2. The van der Waals surface area contributed by atoms with Crippen LogP contribution in [0.1, 0.15) is 18.7 Å². The van der Waals surface area contributed by atoms with Crippen LogP contribution in [0.4, 0.5) is 4.79 Å². The maximum Gasteiger partial charge on any atom is 0.338 e. The molecule has 2 heterocycles. The lowest BCUT2D eigenvalue weighted by Crippen LogP contribution is -2.46. The van der Waals surface area contributed by atoms with Gasteiger partial charge in [0.15, 0.2) is 0 Å². The number of hydrogen-bond donors (Lipinski definition) is 1. The summed E-state index contributed by atoms with van der Waals surface area (Å²) in [5.41, 5.74) is 1.55. The molecular weight excluding hydrogens is 246 g/mol. The summed E-state index contributed by atoms with van der Waals surface area (Å²) in [7, 11) is 2.91. The molecule has 1 aromatic heterocycles. The molecule has 1 N–H and O–H groups in total. The van der Waals surface area contributed by atoms with Gasteiger partial charge in [-0.15, -0.1) is 0 Å². The average molecular weight is 261 g/mol. The van der Waals surface area contributed by atoms with Crippen molar-refractivity contribution < 1.29 is 14.3 Å². The summed E-state index contributed by atoms with van der Waals surface area (Å²) in [6.07, 6.45) is 1.62. The summed E-state index contributed by atoms with van der Waals surface area (Å²) >= 11 is 0. The molecule has 0 spiro atoms. The van der Waals surface area contributed by atoms with Gasteiger partial charge >= 0.3 is 12.0 Å². The monoisotopic (exact) mass is 261 g/mol. The Hall–Kier alpha value is -2.37. The minimum atomic E-state index is -0.586. The van der Waals surface area contributed by atoms with Gasteiger partial charge in [0.1, 0.15) is 6.04 Å². The Balaban J connectivity index is 2.52. The Kier molecular flexibility index (Phi) is 3.50. The molecule has 0 saturated carbocycles. The number of carbonyl (C=O) groups is 2. The summed E-state index contributed by atoms with van der Waals surface area (Å²) < 4.78 is 4.79. The second-order valence-corrected chi connectivity index (χ2v) is 4.19. The van der Waals surface area contributed by atoms with Gasteiger partial charge in [0, 0.05) is 18.9 Å². The van der Waals surface area contributed by atoms with Crippen LogP contribution in [0.5, 0.6) is 0 Å². The molecule has 1 unspecified atom stereocenters. The number of nitrogens with one attached hydrogen (secondary N) is 1. The summed E-state index contributed by atoms with van der Waals surface area (Å²) in [6.45, 7) is 1.71. The maximum atomic E-state index is 11.9. The molecule has 6 nitrogen and oxygen atoms in total. The van der Waals surface area contributed by atoms with Gasteiger partial charge in [-0.2, -0.15) is 0 Å². The van der Waals surface area contributed by atoms with Gasteiger partial charge in [0.2, 0.25) is 0 Å². The third kappa shape index (κ3) is 2.29. The standard InChI is InChI=1S/C13H15N3O3/c1-8-10(12(17)19-3)11(15-13(18)16(8)2)9-6-4-5-7-14-9/h4-7,11H,1-3H3,(H,15,18). The normalized spacial score (nSPS) is 19.2. The zero-order chi connectivity index (χ0) is 14.0. The van der Waals surface area contributed by atoms with E-state index in [-0.39, 0.29) is 6.03 Å². The van der Waals surface area contributed by atoms with E-state index in [1.54, 1.807) is 38.4 Å². The SMILES string of the molecule is COC(=O)C1=C(C)N(C)C(=O)NC1c1ccccn1. The minimum absolute atomic E-state index is 0.277. The fourth-order valence-corrected chi connectivity index (χ4v) is 1.98. The Labute approximate surface area is 111 Å². The fourth-order valence-electron chi connectivity index (χ4n) is 1.98. The van der Waals surface area contributed by atoms with Crippen LogP contribution in [0.25, 0.3) is 0 Å². The highest BCUT2D eigenvalue weighted by atomic mass is 16.5. The lowest BCUT2D eigenvalue weighted by atomic mass is 9.99. The molecule has 1 atom stereocenters. The van der Waals surface area contributed by atoms with Gasteiger partial charge in [0.25, 0.3) is 0 Å². The summed E-state index contributed by atoms with van der Waals surface area (Å²) in [6, 6.07) is 4.47. The van der Waals surface area contributed by atoms with Crippen LogP contribution < -0.4 is 5.32 Å². The summed E-state index contributed by atoms with van der Waals surface area (Å²) in [5.74, 6) is -0.472. The van der Waals surface area contributed by atoms with E-state index < -0.39 is 12.0 Å². The molecule has 0 radical (unpaired) electrons. The third-order valence-electron chi connectivity index (χ3n) is 3.14. The molecule has 1 aromatic rings. The summed E-state index contributed by atoms with van der Waals surface area (Å²) in [4.78, 5) is 29.3. The number of rotatable bonds is 2. The third-order valence-corrected chi connectivity index (χ3v) is 3.14. The predicted molar refractivity (Wildman–Crippen MR) is 68.0 cm³/mol. The van der Waals surface area contributed by atoms with Gasteiger partial charge in [-0.3, -0.25) is 4.98 Å². The molecule has 1 aliphatic rings. The number of urea groups is 1. The zero-order valence-corrected chi connectivity index (χ0v) is 11.0. The number of aromatic nitrogens is 1. The van der Waals surface area contributed by atoms with E-state index in [2.05, 4.69) is 10.3 Å². The van der Waals surface area contributed by atoms with Crippen molar-refractivity contribution in [3.05, 3.63) is 41.4 Å². The quantitative estimate of drug-likeness (QED) is 0.813. The van der Waals surface area contributed by atoms with Crippen molar-refractivity contribution in [1.29, 1.82) is 0 Å². The van der Waals surface area contributed by atoms with Crippen molar-refractivity contribution in [2.75, 3.05) is 14.2 Å². The van der Waals surface area contributed by atoms with Crippen LogP contribution in [0, 0.1) is 0 Å². The predicted octanol–water partition coefficient (Wildman–Crippen LogP) is 1.22. The van der Waals surface area contributed by atoms with Crippen molar-refractivity contribution in [2.24, 2.45) is 0 Å². The van der Waals surface area contributed by atoms with E-state index >= 15 is 0 Å². The molecule has 2 rings (SSSR count). The molecule has 100 valence electrons. The van der Waals surface area contributed by atoms with Gasteiger partial charge < -0.3 is 15.0 Å². The van der Waals surface area contributed by atoms with Crippen LogP contribution in [0.2, 0.25) is 0 Å². The molecule has 0 bridgehead atoms. The van der Waals surface area contributed by atoms with Crippen molar-refractivity contribution >= 4 is 12.0 Å². The second-order valence-electron chi connectivity index (χ2n) is 4.19. The van der Waals surface area contributed by atoms with Gasteiger partial charge in [-0.25, -0.2) is 9.59 Å². The molecule has 0 saturated heterocycles. The number of carbonyl (C=O) groups excluding carboxylic acids is 2. The van der Waals surface area contributed by atoms with Gasteiger partial charge in [-0.05, 0) is 19.1 Å². The van der Waals surface area contributed by atoms with Crippen LogP contribution in [0.15, 0.2) is 35.7 Å². The van der Waals surface area contributed by atoms with Gasteiger partial charge in [-0.1, -0.05) is 6.07 Å². The number of nitrogens with zero attached hydrogens (tertiary/aromatic N) is 2. The number of esters is 1. The van der Waals surface area contributed by atoms with Crippen molar-refractivity contribution in [3.8, 4) is 0 Å². The van der Waals surface area contributed by atoms with E-state index in [0.717, 1.165) is 0 Å². The highest BCUT2D eigenvalue weighted by molar-refractivity contribution is 5.94. The minimum Gasteiger partial charge on any atom is -0.466 e. The van der Waals surface area contributed by atoms with Crippen molar-refractivity contribution in [1.82, 2.24) is 15.2 Å². The highest BCUT2D eigenvalue weighted by Gasteiger charge is 2.35. The largest absolute Gasteiger partial charge is 0.466 e. The van der Waals surface area contributed by atoms with E-state index in [1.165, 1.54) is 12.0 Å². The van der Waals surface area contributed by atoms with E-state index in [9.17, 15) is 9.59 Å². The van der Waals surface area contributed by atoms with E-state index in [1.807, 2.05) is 0 Å². The lowest BCUT2D eigenvalue weighted by Gasteiger charge is -2.32. The summed E-state index contributed by atoms with van der Waals surface area (Å²) in [5, 5.41) is 2.74. The highest BCUT2D eigenvalue weighted by Crippen LogP contribution is 2.29. The number of methoxy groups -OCH3 is 1. The van der Waals surface area contributed by atoms with Crippen LogP contribution in [0.3, 0.4) is 0 Å². The van der Waals surface area contributed by atoms with Crippen LogP contribution in [-0.2, 0) is 9.53 Å². The topological polar surface area (TPSA) is 71.5 Å². The van der Waals surface area contributed by atoms with Crippen LogP contribution >= 0.6 is 0 Å². The molecule has 1 aliphatic heterocycles. The van der Waals surface area contributed by atoms with Crippen molar-refractivity contribution in [2.45, 2.75) is 13.0 Å². The van der Waals surface area contributed by atoms with Gasteiger partial charge in [0.05, 0.1) is 18.4 Å². The maximum absolute atomic E-state index is 11.9. The fraction of sp³-hybridized carbons (Fsp3) is 0.308. The molecule has 2 amide bonds.